The smallest absolute Gasteiger partial charge is 0.225 e. The molecule has 4 heteroatoms. The van der Waals surface area contributed by atoms with Crippen LogP contribution in [0.2, 0.25) is 0 Å². The summed E-state index contributed by atoms with van der Waals surface area (Å²) in [6, 6.07) is 7.89. The Labute approximate surface area is 126 Å². The van der Waals surface area contributed by atoms with Gasteiger partial charge in [-0.2, -0.15) is 0 Å². The molecule has 1 aromatic carbocycles. The second kappa shape index (κ2) is 7.82. The van der Waals surface area contributed by atoms with Crippen molar-refractivity contribution in [3.05, 3.63) is 35.4 Å². The fourth-order valence-electron chi connectivity index (χ4n) is 2.52. The SMILES string of the molecule is CN(Cc1ccccc1C#CCN)C(=O)C1CCOCC1. The number of benzene rings is 1. The summed E-state index contributed by atoms with van der Waals surface area (Å²) in [5.74, 6) is 6.22. The molecule has 1 aliphatic rings. The number of ether oxygens (including phenoxy) is 1. The second-order valence-corrected chi connectivity index (χ2v) is 5.24. The Morgan fingerprint density at radius 3 is 2.81 bits per heavy atom. The molecule has 1 aromatic rings. The molecule has 2 rings (SSSR count). The number of hydrogen-bond acceptors (Lipinski definition) is 3. The van der Waals surface area contributed by atoms with Crippen LogP contribution >= 0.6 is 0 Å². The van der Waals surface area contributed by atoms with Gasteiger partial charge in [0.2, 0.25) is 5.91 Å². The Bertz CT molecular complexity index is 539. The van der Waals surface area contributed by atoms with Crippen molar-refractivity contribution in [2.45, 2.75) is 19.4 Å². The molecule has 0 atom stereocenters. The van der Waals surface area contributed by atoms with E-state index in [-0.39, 0.29) is 11.8 Å². The Balaban J connectivity index is 2.05. The molecule has 0 saturated carbocycles. The van der Waals surface area contributed by atoms with E-state index in [1.54, 1.807) is 4.90 Å². The summed E-state index contributed by atoms with van der Waals surface area (Å²) >= 11 is 0. The minimum absolute atomic E-state index is 0.0889. The molecule has 0 radical (unpaired) electrons. The number of carbonyl (C=O) groups is 1. The van der Waals surface area contributed by atoms with Crippen LogP contribution in [0.5, 0.6) is 0 Å². The molecule has 4 nitrogen and oxygen atoms in total. The molecular formula is C17H22N2O2. The van der Waals surface area contributed by atoms with Crippen molar-refractivity contribution in [3.63, 3.8) is 0 Å². The number of nitrogens with zero attached hydrogens (tertiary/aromatic N) is 1. The standard InChI is InChI=1S/C17H22N2O2/c1-19(17(20)15-8-11-21-12-9-15)13-16-6-3-2-5-14(16)7-4-10-18/h2-3,5-6,15H,8-13,18H2,1H3. The highest BCUT2D eigenvalue weighted by Gasteiger charge is 2.24. The van der Waals surface area contributed by atoms with Crippen LogP contribution in [-0.4, -0.2) is 37.6 Å². The molecular weight excluding hydrogens is 264 g/mol. The van der Waals surface area contributed by atoms with Gasteiger partial charge in [-0.3, -0.25) is 4.79 Å². The van der Waals surface area contributed by atoms with Crippen LogP contribution < -0.4 is 5.73 Å². The zero-order valence-electron chi connectivity index (χ0n) is 12.5. The average Bonchev–Trinajstić information content (AvgIpc) is 2.54. The molecule has 21 heavy (non-hydrogen) atoms. The summed E-state index contributed by atoms with van der Waals surface area (Å²) in [5, 5.41) is 0. The zero-order valence-corrected chi connectivity index (χ0v) is 12.5. The Morgan fingerprint density at radius 2 is 2.10 bits per heavy atom. The summed E-state index contributed by atoms with van der Waals surface area (Å²) in [4.78, 5) is 14.2. The Hall–Kier alpha value is -1.83. The summed E-state index contributed by atoms with van der Waals surface area (Å²) in [7, 11) is 1.85. The maximum absolute atomic E-state index is 12.4. The number of carbonyl (C=O) groups excluding carboxylic acids is 1. The molecule has 1 heterocycles. The maximum Gasteiger partial charge on any atom is 0.225 e. The first-order chi connectivity index (χ1) is 10.2. The van der Waals surface area contributed by atoms with E-state index in [1.807, 2.05) is 31.3 Å². The lowest BCUT2D eigenvalue weighted by Gasteiger charge is -2.26. The van der Waals surface area contributed by atoms with Crippen LogP contribution in [0.3, 0.4) is 0 Å². The average molecular weight is 286 g/mol. The summed E-state index contributed by atoms with van der Waals surface area (Å²) in [6.45, 7) is 2.28. The second-order valence-electron chi connectivity index (χ2n) is 5.24. The van der Waals surface area contributed by atoms with Crippen LogP contribution in [0.15, 0.2) is 24.3 Å². The Kier molecular flexibility index (Phi) is 5.79. The molecule has 112 valence electrons. The fraction of sp³-hybridized carbons (Fsp3) is 0.471. The van der Waals surface area contributed by atoms with Gasteiger partial charge in [0.15, 0.2) is 0 Å². The third-order valence-electron chi connectivity index (χ3n) is 3.70. The largest absolute Gasteiger partial charge is 0.381 e. The molecule has 0 aromatic heterocycles. The number of amides is 1. The van der Waals surface area contributed by atoms with Gasteiger partial charge in [-0.05, 0) is 24.5 Å². The molecule has 0 aliphatic carbocycles. The highest BCUT2D eigenvalue weighted by atomic mass is 16.5. The molecule has 0 bridgehead atoms. The van der Waals surface area contributed by atoms with Crippen LogP contribution in [0.4, 0.5) is 0 Å². The normalized spacial score (nSPS) is 15.1. The molecule has 1 aliphatic heterocycles. The van der Waals surface area contributed by atoms with Crippen molar-refractivity contribution in [1.29, 1.82) is 0 Å². The van der Waals surface area contributed by atoms with Crippen molar-refractivity contribution >= 4 is 5.91 Å². The third kappa shape index (κ3) is 4.32. The molecule has 2 N–H and O–H groups in total. The van der Waals surface area contributed by atoms with E-state index in [1.165, 1.54) is 0 Å². The minimum atomic E-state index is 0.0889. The molecule has 0 spiro atoms. The van der Waals surface area contributed by atoms with E-state index in [9.17, 15) is 4.79 Å². The van der Waals surface area contributed by atoms with Gasteiger partial charge in [0.25, 0.3) is 0 Å². The van der Waals surface area contributed by atoms with E-state index in [0.717, 1.165) is 24.0 Å². The predicted octanol–water partition coefficient (Wildman–Crippen LogP) is 1.38. The van der Waals surface area contributed by atoms with Gasteiger partial charge in [0.1, 0.15) is 0 Å². The zero-order chi connectivity index (χ0) is 15.1. The topological polar surface area (TPSA) is 55.6 Å². The quantitative estimate of drug-likeness (QED) is 0.854. The van der Waals surface area contributed by atoms with Gasteiger partial charge < -0.3 is 15.4 Å². The van der Waals surface area contributed by atoms with Crippen molar-refractivity contribution in [2.24, 2.45) is 11.7 Å². The van der Waals surface area contributed by atoms with Crippen LogP contribution in [0.25, 0.3) is 0 Å². The molecule has 1 saturated heterocycles. The van der Waals surface area contributed by atoms with Gasteiger partial charge in [-0.15, -0.1) is 0 Å². The number of rotatable bonds is 3. The van der Waals surface area contributed by atoms with Crippen LogP contribution in [0, 0.1) is 17.8 Å². The fourth-order valence-corrected chi connectivity index (χ4v) is 2.52. The first kappa shape index (κ1) is 15.6. The summed E-state index contributed by atoms with van der Waals surface area (Å²) < 4.78 is 5.31. The highest BCUT2D eigenvalue weighted by Crippen LogP contribution is 2.19. The van der Waals surface area contributed by atoms with Crippen molar-refractivity contribution in [1.82, 2.24) is 4.90 Å². The van der Waals surface area contributed by atoms with Gasteiger partial charge in [0, 0.05) is 38.3 Å². The van der Waals surface area contributed by atoms with Crippen LogP contribution in [-0.2, 0) is 16.1 Å². The van der Waals surface area contributed by atoms with E-state index in [0.29, 0.717) is 26.3 Å². The first-order valence-electron chi connectivity index (χ1n) is 7.32. The lowest BCUT2D eigenvalue weighted by atomic mass is 9.98. The summed E-state index contributed by atoms with van der Waals surface area (Å²) in [6.07, 6.45) is 1.63. The Morgan fingerprint density at radius 1 is 1.38 bits per heavy atom. The van der Waals surface area contributed by atoms with Gasteiger partial charge >= 0.3 is 0 Å². The van der Waals surface area contributed by atoms with Gasteiger partial charge in [0.05, 0.1) is 6.54 Å². The van der Waals surface area contributed by atoms with E-state index >= 15 is 0 Å². The minimum Gasteiger partial charge on any atom is -0.381 e. The van der Waals surface area contributed by atoms with Crippen LogP contribution in [0.1, 0.15) is 24.0 Å². The lowest BCUT2D eigenvalue weighted by molar-refractivity contribution is -0.137. The van der Waals surface area contributed by atoms with Gasteiger partial charge in [-0.1, -0.05) is 30.0 Å². The molecule has 0 unspecified atom stereocenters. The highest BCUT2D eigenvalue weighted by molar-refractivity contribution is 5.78. The van der Waals surface area contributed by atoms with Crippen molar-refractivity contribution < 1.29 is 9.53 Å². The summed E-state index contributed by atoms with van der Waals surface area (Å²) in [5.41, 5.74) is 7.42. The van der Waals surface area contributed by atoms with Gasteiger partial charge in [-0.25, -0.2) is 0 Å². The number of nitrogens with two attached hydrogens (primary N) is 1. The van der Waals surface area contributed by atoms with Crippen molar-refractivity contribution in [2.75, 3.05) is 26.8 Å². The van der Waals surface area contributed by atoms with Crippen molar-refractivity contribution in [3.8, 4) is 11.8 Å². The number of hydrogen-bond donors (Lipinski definition) is 1. The predicted molar refractivity (Wildman–Crippen MR) is 82.4 cm³/mol. The monoisotopic (exact) mass is 286 g/mol. The van der Waals surface area contributed by atoms with E-state index in [2.05, 4.69) is 11.8 Å². The third-order valence-corrected chi connectivity index (χ3v) is 3.70. The first-order valence-corrected chi connectivity index (χ1v) is 7.32. The van der Waals surface area contributed by atoms with E-state index < -0.39 is 0 Å². The maximum atomic E-state index is 12.4. The van der Waals surface area contributed by atoms with E-state index in [4.69, 9.17) is 10.5 Å². The molecule has 1 amide bonds. The lowest BCUT2D eigenvalue weighted by Crippen LogP contribution is -2.35. The molecule has 1 fully saturated rings.